The van der Waals surface area contributed by atoms with Crippen molar-refractivity contribution in [1.29, 1.82) is 5.26 Å². The van der Waals surface area contributed by atoms with Gasteiger partial charge in [0.05, 0.1) is 20.3 Å². The molecule has 0 fully saturated rings. The van der Waals surface area contributed by atoms with Crippen LogP contribution in [0.4, 0.5) is 0 Å². The van der Waals surface area contributed by atoms with E-state index in [9.17, 15) is 10.1 Å². The van der Waals surface area contributed by atoms with Crippen LogP contribution in [-0.2, 0) is 0 Å². The first-order valence-corrected chi connectivity index (χ1v) is 7.39. The largest absolute Gasteiger partial charge is 0.493 e. The molecule has 1 N–H and O–H groups in total. The molecule has 1 unspecified atom stereocenters. The standard InChI is InChI=1S/C18H22N2O4/c1-7-8-24-16-14(22-5)9-13(10-15(16)23-6)17(21)20-18(4,11-19)12(2)3/h1,9-10,12H,8H2,2-6H3,(H,20,21). The second-order valence-corrected chi connectivity index (χ2v) is 5.63. The summed E-state index contributed by atoms with van der Waals surface area (Å²) >= 11 is 0. The van der Waals surface area contributed by atoms with Crippen molar-refractivity contribution in [2.75, 3.05) is 20.8 Å². The fraction of sp³-hybridized carbons (Fsp3) is 0.444. The maximum absolute atomic E-state index is 12.5. The molecule has 0 bridgehead atoms. The van der Waals surface area contributed by atoms with Crippen LogP contribution >= 0.6 is 0 Å². The molecular formula is C18H22N2O4. The van der Waals surface area contributed by atoms with E-state index in [2.05, 4.69) is 17.3 Å². The predicted molar refractivity (Wildman–Crippen MR) is 90.2 cm³/mol. The van der Waals surface area contributed by atoms with Crippen LogP contribution in [0.25, 0.3) is 0 Å². The first-order chi connectivity index (χ1) is 11.3. The van der Waals surface area contributed by atoms with Crippen molar-refractivity contribution >= 4 is 5.91 Å². The molecule has 0 saturated heterocycles. The minimum Gasteiger partial charge on any atom is -0.493 e. The zero-order valence-corrected chi connectivity index (χ0v) is 14.6. The van der Waals surface area contributed by atoms with E-state index in [0.717, 1.165) is 0 Å². The third kappa shape index (κ3) is 4.11. The number of carbonyl (C=O) groups excluding carboxylic acids is 1. The third-order valence-electron chi connectivity index (χ3n) is 3.78. The summed E-state index contributed by atoms with van der Waals surface area (Å²) in [7, 11) is 2.90. The van der Waals surface area contributed by atoms with Gasteiger partial charge >= 0.3 is 0 Å². The quantitative estimate of drug-likeness (QED) is 0.776. The molecule has 6 nitrogen and oxygen atoms in total. The van der Waals surface area contributed by atoms with Crippen LogP contribution in [0, 0.1) is 29.6 Å². The molecule has 0 aliphatic heterocycles. The van der Waals surface area contributed by atoms with Crippen molar-refractivity contribution in [3.63, 3.8) is 0 Å². The molecular weight excluding hydrogens is 308 g/mol. The number of hydrogen-bond donors (Lipinski definition) is 1. The molecule has 0 aliphatic rings. The Morgan fingerprint density at radius 3 is 2.25 bits per heavy atom. The molecule has 128 valence electrons. The molecule has 1 atom stereocenters. The Morgan fingerprint density at radius 2 is 1.88 bits per heavy atom. The summed E-state index contributed by atoms with van der Waals surface area (Å²) in [5.41, 5.74) is -0.699. The summed E-state index contributed by atoms with van der Waals surface area (Å²) in [6.07, 6.45) is 5.20. The van der Waals surface area contributed by atoms with Gasteiger partial charge in [0.2, 0.25) is 5.75 Å². The summed E-state index contributed by atoms with van der Waals surface area (Å²) in [5.74, 6) is 2.84. The van der Waals surface area contributed by atoms with E-state index in [-0.39, 0.29) is 12.5 Å². The average Bonchev–Trinajstić information content (AvgIpc) is 2.58. The lowest BCUT2D eigenvalue weighted by Gasteiger charge is -2.27. The van der Waals surface area contributed by atoms with Gasteiger partial charge in [-0.1, -0.05) is 19.8 Å². The summed E-state index contributed by atoms with van der Waals surface area (Å²) in [6, 6.07) is 5.17. The number of methoxy groups -OCH3 is 2. The molecule has 0 radical (unpaired) electrons. The zero-order valence-electron chi connectivity index (χ0n) is 14.6. The van der Waals surface area contributed by atoms with Crippen LogP contribution in [0.1, 0.15) is 31.1 Å². The van der Waals surface area contributed by atoms with Gasteiger partial charge < -0.3 is 19.5 Å². The molecule has 1 amide bonds. The Labute approximate surface area is 142 Å². The van der Waals surface area contributed by atoms with E-state index < -0.39 is 11.4 Å². The van der Waals surface area contributed by atoms with Crippen LogP contribution in [0.2, 0.25) is 0 Å². The van der Waals surface area contributed by atoms with E-state index in [0.29, 0.717) is 22.8 Å². The highest BCUT2D eigenvalue weighted by atomic mass is 16.5. The first kappa shape index (κ1) is 19.2. The van der Waals surface area contributed by atoms with Crippen LogP contribution in [0.3, 0.4) is 0 Å². The van der Waals surface area contributed by atoms with Gasteiger partial charge in [-0.15, -0.1) is 6.42 Å². The molecule has 0 aromatic heterocycles. The van der Waals surface area contributed by atoms with Gasteiger partial charge in [-0.2, -0.15) is 5.26 Å². The van der Waals surface area contributed by atoms with Gasteiger partial charge in [0, 0.05) is 5.56 Å². The Morgan fingerprint density at radius 1 is 1.33 bits per heavy atom. The SMILES string of the molecule is C#CCOc1c(OC)cc(C(=O)NC(C)(C#N)C(C)C)cc1OC. The number of nitrogens with zero attached hydrogens (tertiary/aromatic N) is 1. The van der Waals surface area contributed by atoms with E-state index in [1.54, 1.807) is 6.92 Å². The van der Waals surface area contributed by atoms with E-state index in [1.165, 1.54) is 26.4 Å². The Bertz CT molecular complexity index is 660. The molecule has 0 spiro atoms. The topological polar surface area (TPSA) is 80.6 Å². The van der Waals surface area contributed by atoms with Crippen LogP contribution in [0.15, 0.2) is 12.1 Å². The Balaban J connectivity index is 3.24. The zero-order chi connectivity index (χ0) is 18.3. The maximum Gasteiger partial charge on any atom is 0.252 e. The lowest BCUT2D eigenvalue weighted by atomic mass is 9.89. The van der Waals surface area contributed by atoms with Gasteiger partial charge in [0.25, 0.3) is 5.91 Å². The van der Waals surface area contributed by atoms with Gasteiger partial charge in [0.1, 0.15) is 12.1 Å². The third-order valence-corrected chi connectivity index (χ3v) is 3.78. The van der Waals surface area contributed by atoms with Crippen molar-refractivity contribution in [3.05, 3.63) is 17.7 Å². The molecule has 0 heterocycles. The Kier molecular flexibility index (Phi) is 6.49. The fourth-order valence-electron chi connectivity index (χ4n) is 1.88. The van der Waals surface area contributed by atoms with Crippen LogP contribution in [-0.4, -0.2) is 32.3 Å². The number of hydrogen-bond acceptors (Lipinski definition) is 5. The van der Waals surface area contributed by atoms with Crippen molar-refractivity contribution < 1.29 is 19.0 Å². The summed E-state index contributed by atoms with van der Waals surface area (Å²) in [4.78, 5) is 12.5. The van der Waals surface area contributed by atoms with E-state index in [1.807, 2.05) is 13.8 Å². The van der Waals surface area contributed by atoms with Crippen LogP contribution in [0.5, 0.6) is 17.2 Å². The maximum atomic E-state index is 12.5. The van der Waals surface area contributed by atoms with Crippen molar-refractivity contribution in [2.45, 2.75) is 26.3 Å². The molecule has 6 heteroatoms. The molecule has 24 heavy (non-hydrogen) atoms. The molecule has 1 aromatic rings. The number of terminal acetylenes is 1. The van der Waals surface area contributed by atoms with Crippen LogP contribution < -0.4 is 19.5 Å². The van der Waals surface area contributed by atoms with E-state index >= 15 is 0 Å². The van der Waals surface area contributed by atoms with Gasteiger partial charge in [0.15, 0.2) is 11.5 Å². The first-order valence-electron chi connectivity index (χ1n) is 7.39. The summed E-state index contributed by atoms with van der Waals surface area (Å²) < 4.78 is 15.9. The molecule has 1 aromatic carbocycles. The fourth-order valence-corrected chi connectivity index (χ4v) is 1.88. The number of ether oxygens (including phenoxy) is 3. The number of rotatable bonds is 7. The number of carbonyl (C=O) groups is 1. The van der Waals surface area contributed by atoms with Gasteiger partial charge in [-0.05, 0) is 25.0 Å². The molecule has 0 aliphatic carbocycles. The summed E-state index contributed by atoms with van der Waals surface area (Å²) in [5, 5.41) is 12.1. The predicted octanol–water partition coefficient (Wildman–Crippen LogP) is 2.38. The second kappa shape index (κ2) is 8.12. The number of nitrogens with one attached hydrogen (secondary N) is 1. The van der Waals surface area contributed by atoms with Gasteiger partial charge in [-0.25, -0.2) is 0 Å². The molecule has 0 saturated carbocycles. The average molecular weight is 330 g/mol. The Hall–Kier alpha value is -2.86. The highest BCUT2D eigenvalue weighted by Gasteiger charge is 2.31. The highest BCUT2D eigenvalue weighted by Crippen LogP contribution is 2.38. The normalized spacial score (nSPS) is 12.5. The minimum absolute atomic E-state index is 0.0398. The number of nitriles is 1. The number of benzene rings is 1. The summed E-state index contributed by atoms with van der Waals surface area (Å²) in [6.45, 7) is 5.44. The minimum atomic E-state index is -0.990. The lowest BCUT2D eigenvalue weighted by molar-refractivity contribution is 0.0907. The lowest BCUT2D eigenvalue weighted by Crippen LogP contribution is -2.48. The highest BCUT2D eigenvalue weighted by molar-refractivity contribution is 5.96. The number of amides is 1. The molecule has 1 rings (SSSR count). The van der Waals surface area contributed by atoms with Crippen molar-refractivity contribution in [1.82, 2.24) is 5.32 Å². The smallest absolute Gasteiger partial charge is 0.252 e. The van der Waals surface area contributed by atoms with Gasteiger partial charge in [-0.3, -0.25) is 4.79 Å². The van der Waals surface area contributed by atoms with E-state index in [4.69, 9.17) is 20.6 Å². The second-order valence-electron chi connectivity index (χ2n) is 5.63. The monoisotopic (exact) mass is 330 g/mol. The van der Waals surface area contributed by atoms with Crippen molar-refractivity contribution in [2.24, 2.45) is 5.92 Å². The van der Waals surface area contributed by atoms with Crippen molar-refractivity contribution in [3.8, 4) is 35.7 Å².